The van der Waals surface area contributed by atoms with Gasteiger partial charge in [-0.1, -0.05) is 18.2 Å². The smallest absolute Gasteiger partial charge is 0.188 e. The van der Waals surface area contributed by atoms with Crippen LogP contribution in [0.1, 0.15) is 18.3 Å². The van der Waals surface area contributed by atoms with E-state index in [1.807, 2.05) is 0 Å². The molecule has 20 atom stereocenters. The fourth-order valence-corrected chi connectivity index (χ4v) is 7.23. The minimum Gasteiger partial charge on any atom is -0.496 e. The Morgan fingerprint density at radius 3 is 2.06 bits per heavy atom. The quantitative estimate of drug-likeness (QED) is 0.107. The molecule has 20 heteroatoms. The molecule has 6 rings (SSSR count). The lowest BCUT2D eigenvalue weighted by Gasteiger charge is -2.49. The van der Waals surface area contributed by atoms with Gasteiger partial charge in [-0.2, -0.15) is 0 Å². The lowest BCUT2D eigenvalue weighted by Crippen LogP contribution is -2.69. The molecule has 16 N–H and O–H groups in total. The molecule has 1 saturated carbocycles. The van der Waals surface area contributed by atoms with Crippen molar-refractivity contribution >= 4 is 0 Å². The van der Waals surface area contributed by atoms with Crippen LogP contribution in [0.25, 0.3) is 0 Å². The van der Waals surface area contributed by atoms with Crippen LogP contribution in [0.2, 0.25) is 0 Å². The minimum absolute atomic E-state index is 0.00357. The number of ether oxygens (including phenoxy) is 9. The van der Waals surface area contributed by atoms with Gasteiger partial charge in [0, 0.05) is 24.2 Å². The van der Waals surface area contributed by atoms with E-state index in [0.29, 0.717) is 11.3 Å². The Labute approximate surface area is 293 Å². The van der Waals surface area contributed by atoms with Crippen molar-refractivity contribution in [3.63, 3.8) is 0 Å². The molecule has 1 aliphatic carbocycles. The number of aliphatic hydroxyl groups excluding tert-OH is 6. The van der Waals surface area contributed by atoms with Crippen molar-refractivity contribution in [1.29, 1.82) is 0 Å². The van der Waals surface area contributed by atoms with Crippen LogP contribution in [0.3, 0.4) is 0 Å². The van der Waals surface area contributed by atoms with Crippen molar-refractivity contribution in [1.82, 2.24) is 0 Å². The van der Waals surface area contributed by atoms with Crippen molar-refractivity contribution in [2.75, 3.05) is 26.9 Å². The van der Waals surface area contributed by atoms with Crippen molar-refractivity contribution in [2.24, 2.45) is 28.7 Å². The van der Waals surface area contributed by atoms with Crippen LogP contribution in [-0.4, -0.2) is 174 Å². The van der Waals surface area contributed by atoms with Gasteiger partial charge in [0.2, 0.25) is 0 Å². The summed E-state index contributed by atoms with van der Waals surface area (Å²) in [6, 6.07) is 3.02. The first-order valence-corrected chi connectivity index (χ1v) is 16.9. The molecule has 20 nitrogen and oxygen atoms in total. The molecule has 1 aromatic carbocycles. The summed E-state index contributed by atoms with van der Waals surface area (Å²) in [4.78, 5) is 0. The monoisotopic (exact) mass is 733 g/mol. The molecule has 0 bridgehead atoms. The predicted octanol–water partition coefficient (Wildman–Crippen LogP) is -6.09. The van der Waals surface area contributed by atoms with Crippen LogP contribution in [0, 0.1) is 0 Å². The van der Waals surface area contributed by atoms with Crippen molar-refractivity contribution in [2.45, 2.75) is 129 Å². The highest BCUT2D eigenvalue weighted by Gasteiger charge is 2.55. The second-order valence-electron chi connectivity index (χ2n) is 13.5. The number of benzene rings is 1. The third kappa shape index (κ3) is 7.64. The van der Waals surface area contributed by atoms with Crippen LogP contribution in [0.4, 0.5) is 0 Å². The maximum absolute atomic E-state index is 11.3. The molecule has 0 amide bonds. The van der Waals surface area contributed by atoms with E-state index in [1.54, 1.807) is 24.3 Å². The number of nitrogens with two attached hydrogens (primary N) is 5. The Bertz CT molecular complexity index is 1290. The molecule has 0 unspecified atom stereocenters. The highest BCUT2D eigenvalue weighted by molar-refractivity contribution is 5.34. The largest absolute Gasteiger partial charge is 0.496 e. The topological polar surface area (TPSA) is 335 Å². The zero-order chi connectivity index (χ0) is 36.7. The Balaban J connectivity index is 1.14. The summed E-state index contributed by atoms with van der Waals surface area (Å²) in [6.45, 7) is -0.806. The van der Waals surface area contributed by atoms with Crippen LogP contribution < -0.4 is 33.4 Å². The summed E-state index contributed by atoms with van der Waals surface area (Å²) >= 11 is 0. The average Bonchev–Trinajstić information content (AvgIpc) is 3.43. The summed E-state index contributed by atoms with van der Waals surface area (Å²) in [5.41, 5.74) is 31.4. The predicted molar refractivity (Wildman–Crippen MR) is 170 cm³/mol. The number of para-hydroxylation sites is 1. The van der Waals surface area contributed by atoms with E-state index < -0.39 is 129 Å². The van der Waals surface area contributed by atoms with Gasteiger partial charge in [-0.15, -0.1) is 0 Å². The molecular weight excluding hydrogens is 682 g/mol. The summed E-state index contributed by atoms with van der Waals surface area (Å²) < 4.78 is 53.1. The fourth-order valence-electron chi connectivity index (χ4n) is 7.23. The van der Waals surface area contributed by atoms with Crippen molar-refractivity contribution in [3.05, 3.63) is 29.8 Å². The highest BCUT2D eigenvalue weighted by Crippen LogP contribution is 2.39. The third-order valence-electron chi connectivity index (χ3n) is 10.2. The van der Waals surface area contributed by atoms with Gasteiger partial charge in [0.1, 0.15) is 72.9 Å². The van der Waals surface area contributed by atoms with E-state index in [-0.39, 0.29) is 19.6 Å². The fraction of sp³-hybridized carbons (Fsp3) is 0.806. The van der Waals surface area contributed by atoms with E-state index in [9.17, 15) is 30.6 Å². The van der Waals surface area contributed by atoms with Gasteiger partial charge in [0.25, 0.3) is 0 Å². The number of rotatable bonds is 10. The zero-order valence-corrected chi connectivity index (χ0v) is 27.9. The molecule has 5 fully saturated rings. The maximum Gasteiger partial charge on any atom is 0.188 e. The Hall–Kier alpha value is -1.74. The molecule has 0 spiro atoms. The molecule has 1 aromatic rings. The first kappa shape index (κ1) is 39.0. The molecule has 4 aliphatic heterocycles. The number of fused-ring (bicyclic) bond motifs is 1. The van der Waals surface area contributed by atoms with E-state index >= 15 is 0 Å². The van der Waals surface area contributed by atoms with Crippen LogP contribution in [-0.2, 0) is 37.9 Å². The van der Waals surface area contributed by atoms with E-state index in [1.165, 1.54) is 7.11 Å². The zero-order valence-electron chi connectivity index (χ0n) is 27.9. The lowest BCUT2D eigenvalue weighted by molar-refractivity contribution is -0.356. The SMILES string of the molecule is COc1ccccc1[C@@H]1OC[C@H]2O[C@H](O[C@H]3[C@H](O[C@@H]4O[C@H](CO)[C@@H](O[C@H]5O[C@@H](CN)[C@@H](O)[C@H](O)[C@H]5N)[C@H]4O)[C@@H](O)[C@H](N)C[C@@H]3N)[C@H](N)[C@@H](O)[C@@H]2O1. The number of hydrogen-bond acceptors (Lipinski definition) is 20. The van der Waals surface area contributed by atoms with E-state index in [4.69, 9.17) is 71.3 Å². The molecule has 290 valence electrons. The second-order valence-corrected chi connectivity index (χ2v) is 13.5. The molecule has 4 heterocycles. The molecule has 0 radical (unpaired) electrons. The van der Waals surface area contributed by atoms with Crippen LogP contribution >= 0.6 is 0 Å². The van der Waals surface area contributed by atoms with Gasteiger partial charge in [-0.3, -0.25) is 0 Å². The van der Waals surface area contributed by atoms with Gasteiger partial charge in [0.15, 0.2) is 25.2 Å². The van der Waals surface area contributed by atoms with Crippen LogP contribution in [0.15, 0.2) is 24.3 Å². The van der Waals surface area contributed by atoms with E-state index in [2.05, 4.69) is 0 Å². The normalized spacial score (nSPS) is 49.0. The third-order valence-corrected chi connectivity index (χ3v) is 10.2. The highest BCUT2D eigenvalue weighted by atomic mass is 16.8. The first-order valence-electron chi connectivity index (χ1n) is 16.9. The van der Waals surface area contributed by atoms with Gasteiger partial charge >= 0.3 is 0 Å². The van der Waals surface area contributed by atoms with Gasteiger partial charge in [0.05, 0.1) is 38.5 Å². The first-order chi connectivity index (χ1) is 24.4. The molecule has 5 aliphatic rings. The van der Waals surface area contributed by atoms with Crippen LogP contribution in [0.5, 0.6) is 5.75 Å². The standard InChI is InChI=1S/C31H51N5O15/c1-43-13-5-3-2-4-10(13)28-44-9-16-26(49-28)22(41)18(36)30(47-16)48-24-12(34)6-11(33)19(38)27(24)51-31-23(42)25(15(8-37)46-31)50-29-17(35)21(40)20(39)14(7-32)45-29/h2-5,11-12,14-31,37-42H,6-9,32-36H2,1H3/t11-,12+,14+,15-,16-,17-,18-,19+,20-,21-,22-,23-,24-,25-,26-,27-,28-,29-,30-,31+/m1/s1. The minimum atomic E-state index is -1.61. The summed E-state index contributed by atoms with van der Waals surface area (Å²) in [5.74, 6) is 0.538. The van der Waals surface area contributed by atoms with Crippen molar-refractivity contribution in [3.8, 4) is 5.75 Å². The lowest BCUT2D eigenvalue weighted by atomic mass is 9.84. The Morgan fingerprint density at radius 2 is 1.35 bits per heavy atom. The number of hydrogen-bond donors (Lipinski definition) is 11. The maximum atomic E-state index is 11.3. The summed E-state index contributed by atoms with van der Waals surface area (Å²) in [6.07, 6.45) is -19.8. The molecular formula is C31H51N5O15. The number of aliphatic hydroxyl groups is 6. The number of methoxy groups -OCH3 is 1. The second kappa shape index (κ2) is 16.3. The molecule has 0 aromatic heterocycles. The summed E-state index contributed by atoms with van der Waals surface area (Å²) in [5, 5.41) is 64.5. The summed E-state index contributed by atoms with van der Waals surface area (Å²) in [7, 11) is 1.52. The molecule has 4 saturated heterocycles. The van der Waals surface area contributed by atoms with Crippen molar-refractivity contribution < 1.29 is 73.3 Å². The average molecular weight is 734 g/mol. The van der Waals surface area contributed by atoms with Gasteiger partial charge in [-0.05, 0) is 12.5 Å². The molecule has 51 heavy (non-hydrogen) atoms. The van der Waals surface area contributed by atoms with E-state index in [0.717, 1.165) is 0 Å². The Morgan fingerprint density at radius 1 is 0.706 bits per heavy atom. The van der Waals surface area contributed by atoms with Gasteiger partial charge < -0.3 is 102 Å². The van der Waals surface area contributed by atoms with Gasteiger partial charge in [-0.25, -0.2) is 0 Å². The Kier molecular flexibility index (Phi) is 12.5.